The number of nitrogen functional groups attached to an aromatic ring is 1. The van der Waals surface area contributed by atoms with E-state index in [1.807, 2.05) is 19.1 Å². The van der Waals surface area contributed by atoms with Gasteiger partial charge in [0, 0.05) is 30.1 Å². The number of hydrogen-bond acceptors (Lipinski definition) is 6. The molecule has 0 aliphatic rings. The number of hydrogen-bond donors (Lipinski definition) is 4. The van der Waals surface area contributed by atoms with Crippen molar-refractivity contribution in [2.75, 3.05) is 18.8 Å². The lowest BCUT2D eigenvalue weighted by molar-refractivity contribution is 0.841. The fraction of sp³-hybridized carbons (Fsp3) is 0.200. The van der Waals surface area contributed by atoms with Gasteiger partial charge in [-0.1, -0.05) is 12.7 Å². The van der Waals surface area contributed by atoms with Crippen molar-refractivity contribution in [3.05, 3.63) is 66.8 Å². The highest BCUT2D eigenvalue weighted by molar-refractivity contribution is 6.16. The molecule has 0 radical (unpaired) electrons. The number of aliphatic imine (C=N–C) groups is 1. The topological polar surface area (TPSA) is 126 Å². The van der Waals surface area contributed by atoms with Gasteiger partial charge in [0.05, 0.1) is 29.0 Å². The molecule has 2 aromatic rings. The summed E-state index contributed by atoms with van der Waals surface area (Å²) in [6, 6.07) is 5.54. The lowest BCUT2D eigenvalue weighted by Crippen LogP contribution is -2.27. The summed E-state index contributed by atoms with van der Waals surface area (Å²) in [5.74, 6) is 0.585. The van der Waals surface area contributed by atoms with Gasteiger partial charge in [-0.2, -0.15) is 0 Å². The van der Waals surface area contributed by atoms with Crippen LogP contribution in [0.25, 0.3) is 11.3 Å². The van der Waals surface area contributed by atoms with Gasteiger partial charge < -0.3 is 16.8 Å². The number of nitrogens with one attached hydrogen (secondary N) is 2. The van der Waals surface area contributed by atoms with Crippen LogP contribution in [0.4, 0.5) is 5.69 Å². The molecule has 0 atom stereocenters. The van der Waals surface area contributed by atoms with E-state index in [-0.39, 0.29) is 5.71 Å². The van der Waals surface area contributed by atoms with Gasteiger partial charge in [0.1, 0.15) is 5.84 Å². The van der Waals surface area contributed by atoms with Crippen molar-refractivity contribution in [3.63, 3.8) is 0 Å². The Labute approximate surface area is 159 Å². The third kappa shape index (κ3) is 5.32. The van der Waals surface area contributed by atoms with Crippen LogP contribution in [0.2, 0.25) is 0 Å². The van der Waals surface area contributed by atoms with Crippen LogP contribution >= 0.6 is 0 Å². The van der Waals surface area contributed by atoms with Crippen LogP contribution in [0, 0.1) is 5.41 Å². The van der Waals surface area contributed by atoms with Crippen molar-refractivity contribution in [1.29, 1.82) is 5.41 Å². The van der Waals surface area contributed by atoms with Gasteiger partial charge in [-0.25, -0.2) is 0 Å². The quantitative estimate of drug-likeness (QED) is 0.326. The molecular formula is C20H25N7. The third-order valence-electron chi connectivity index (χ3n) is 3.82. The van der Waals surface area contributed by atoms with Gasteiger partial charge in [0.15, 0.2) is 0 Å². The van der Waals surface area contributed by atoms with E-state index in [4.69, 9.17) is 16.9 Å². The lowest BCUT2D eigenvalue weighted by atomic mass is 10.0. The molecule has 2 aromatic heterocycles. The third-order valence-corrected chi connectivity index (χ3v) is 3.82. The molecule has 140 valence electrons. The Morgan fingerprint density at radius 3 is 2.85 bits per heavy atom. The Balaban J connectivity index is 2.29. The van der Waals surface area contributed by atoms with E-state index in [1.54, 1.807) is 36.8 Å². The number of pyridine rings is 2. The van der Waals surface area contributed by atoms with Crippen molar-refractivity contribution < 1.29 is 0 Å². The van der Waals surface area contributed by atoms with Crippen LogP contribution in [0.15, 0.2) is 66.2 Å². The second-order valence-electron chi connectivity index (χ2n) is 5.71. The van der Waals surface area contributed by atoms with Crippen LogP contribution in [-0.4, -0.2) is 34.6 Å². The van der Waals surface area contributed by atoms with Gasteiger partial charge in [0.25, 0.3) is 0 Å². The summed E-state index contributed by atoms with van der Waals surface area (Å²) >= 11 is 0. The van der Waals surface area contributed by atoms with Gasteiger partial charge in [0.2, 0.25) is 0 Å². The Morgan fingerprint density at radius 1 is 1.41 bits per heavy atom. The smallest absolute Gasteiger partial charge is 0.124 e. The first-order chi connectivity index (χ1) is 13.1. The molecular weight excluding hydrogens is 338 g/mol. The second kappa shape index (κ2) is 9.98. The Kier molecular flexibility index (Phi) is 7.39. The molecule has 0 amide bonds. The van der Waals surface area contributed by atoms with Crippen molar-refractivity contribution >= 4 is 17.2 Å². The Morgan fingerprint density at radius 2 is 2.22 bits per heavy atom. The summed E-state index contributed by atoms with van der Waals surface area (Å²) in [6.07, 6.45) is 9.18. The molecule has 2 rings (SSSR count). The zero-order chi connectivity index (χ0) is 19.6. The molecule has 7 heteroatoms. The van der Waals surface area contributed by atoms with Crippen LogP contribution in [-0.2, 0) is 0 Å². The van der Waals surface area contributed by atoms with E-state index in [9.17, 15) is 0 Å². The Bertz CT molecular complexity index is 854. The van der Waals surface area contributed by atoms with E-state index in [0.29, 0.717) is 41.6 Å². The average molecular weight is 363 g/mol. The van der Waals surface area contributed by atoms with Gasteiger partial charge >= 0.3 is 0 Å². The van der Waals surface area contributed by atoms with Crippen molar-refractivity contribution in [3.8, 4) is 11.3 Å². The van der Waals surface area contributed by atoms with Crippen molar-refractivity contribution in [2.45, 2.75) is 13.3 Å². The Hall–Kier alpha value is -3.32. The molecule has 6 N–H and O–H groups in total. The SMILES string of the molecule is C=CC(=NCCCN)N/C(=C\C)C(=N)c1cc(-c2cccnc2)ncc1N. The standard InChI is InChI=1S/C20H25N7/c1-3-17(27-19(4-2)25-10-6-8-21)20(23)15-11-18(26-13-16(15)22)14-7-5-9-24-12-14/h3-5,7,9,11-13,23H,2,6,8,10,21-22H2,1H3,(H,25,27)/b17-3-,23-20?. The number of allylic oxidation sites excluding steroid dienone is 2. The zero-order valence-corrected chi connectivity index (χ0v) is 15.4. The minimum absolute atomic E-state index is 0.246. The maximum absolute atomic E-state index is 8.61. The predicted molar refractivity (Wildman–Crippen MR) is 112 cm³/mol. The number of nitrogens with zero attached hydrogens (tertiary/aromatic N) is 3. The van der Waals surface area contributed by atoms with Crippen LogP contribution in [0.3, 0.4) is 0 Å². The highest BCUT2D eigenvalue weighted by Crippen LogP contribution is 2.22. The molecule has 0 spiro atoms. The molecule has 0 saturated carbocycles. The van der Waals surface area contributed by atoms with Crippen molar-refractivity contribution in [1.82, 2.24) is 15.3 Å². The minimum atomic E-state index is 0.246. The number of anilines is 1. The van der Waals surface area contributed by atoms with Crippen LogP contribution in [0.5, 0.6) is 0 Å². The van der Waals surface area contributed by atoms with Gasteiger partial charge in [-0.05, 0) is 44.2 Å². The molecule has 0 bridgehead atoms. The summed E-state index contributed by atoms with van der Waals surface area (Å²) in [4.78, 5) is 12.9. The first-order valence-electron chi connectivity index (χ1n) is 8.66. The zero-order valence-electron chi connectivity index (χ0n) is 15.4. The van der Waals surface area contributed by atoms with Crippen molar-refractivity contribution in [2.24, 2.45) is 10.7 Å². The molecule has 0 aliphatic heterocycles. The number of amidine groups is 1. The molecule has 0 fully saturated rings. The molecule has 0 aromatic carbocycles. The van der Waals surface area contributed by atoms with E-state index in [1.165, 1.54) is 0 Å². The minimum Gasteiger partial charge on any atom is -0.397 e. The fourth-order valence-corrected chi connectivity index (χ4v) is 2.36. The second-order valence-corrected chi connectivity index (χ2v) is 5.71. The molecule has 27 heavy (non-hydrogen) atoms. The molecule has 0 saturated heterocycles. The summed E-state index contributed by atoms with van der Waals surface area (Å²) in [5.41, 5.74) is 15.0. The molecule has 2 heterocycles. The summed E-state index contributed by atoms with van der Waals surface area (Å²) in [5, 5.41) is 11.7. The maximum atomic E-state index is 8.61. The lowest BCUT2D eigenvalue weighted by Gasteiger charge is -2.14. The molecule has 0 aliphatic carbocycles. The van der Waals surface area contributed by atoms with E-state index in [2.05, 4.69) is 26.9 Å². The first-order valence-corrected chi connectivity index (χ1v) is 8.66. The summed E-state index contributed by atoms with van der Waals surface area (Å²) in [6.45, 7) is 6.78. The molecule has 0 unspecified atom stereocenters. The highest BCUT2D eigenvalue weighted by Gasteiger charge is 2.14. The molecule has 7 nitrogen and oxygen atoms in total. The monoisotopic (exact) mass is 363 g/mol. The largest absolute Gasteiger partial charge is 0.397 e. The number of rotatable bonds is 8. The predicted octanol–water partition coefficient (Wildman–Crippen LogP) is 2.52. The normalized spacial score (nSPS) is 11.9. The summed E-state index contributed by atoms with van der Waals surface area (Å²) in [7, 11) is 0. The fourth-order valence-electron chi connectivity index (χ4n) is 2.36. The first kappa shape index (κ1) is 20.0. The maximum Gasteiger partial charge on any atom is 0.124 e. The van der Waals surface area contributed by atoms with Crippen LogP contribution < -0.4 is 16.8 Å². The van der Waals surface area contributed by atoms with Gasteiger partial charge in [-0.15, -0.1) is 0 Å². The van der Waals surface area contributed by atoms with Crippen LogP contribution in [0.1, 0.15) is 18.9 Å². The highest BCUT2D eigenvalue weighted by atomic mass is 15.0. The van der Waals surface area contributed by atoms with Gasteiger partial charge in [-0.3, -0.25) is 20.4 Å². The average Bonchev–Trinajstić information content (AvgIpc) is 2.71. The van der Waals surface area contributed by atoms with E-state index in [0.717, 1.165) is 12.0 Å². The van der Waals surface area contributed by atoms with E-state index >= 15 is 0 Å². The number of nitrogens with two attached hydrogens (primary N) is 2. The number of aromatic nitrogens is 2. The van der Waals surface area contributed by atoms with E-state index < -0.39 is 0 Å². The summed E-state index contributed by atoms with van der Waals surface area (Å²) < 4.78 is 0.